The van der Waals surface area contributed by atoms with Crippen LogP contribution >= 0.6 is 11.6 Å². The van der Waals surface area contributed by atoms with Gasteiger partial charge in [0.25, 0.3) is 0 Å². The molecule has 0 atom stereocenters. The maximum atomic E-state index is 11.1. The first-order valence-corrected chi connectivity index (χ1v) is 6.82. The molecule has 2 aromatic rings. The van der Waals surface area contributed by atoms with E-state index in [2.05, 4.69) is 26.0 Å². The van der Waals surface area contributed by atoms with Gasteiger partial charge in [-0.3, -0.25) is 4.79 Å². The molecule has 0 unspecified atom stereocenters. The van der Waals surface area contributed by atoms with Crippen molar-refractivity contribution in [2.75, 3.05) is 0 Å². The van der Waals surface area contributed by atoms with Crippen molar-refractivity contribution in [1.29, 1.82) is 0 Å². The molecule has 98 valence electrons. The lowest BCUT2D eigenvalue weighted by Crippen LogP contribution is -1.95. The van der Waals surface area contributed by atoms with Gasteiger partial charge >= 0.3 is 0 Å². The van der Waals surface area contributed by atoms with E-state index in [1.54, 1.807) is 12.1 Å². The van der Waals surface area contributed by atoms with Crippen molar-refractivity contribution in [3.05, 3.63) is 58.6 Å². The smallest absolute Gasteiger partial charge is 0.150 e. The highest BCUT2D eigenvalue weighted by atomic mass is 35.5. The zero-order valence-corrected chi connectivity index (χ0v) is 11.9. The van der Waals surface area contributed by atoms with E-state index >= 15 is 0 Å². The van der Waals surface area contributed by atoms with Crippen molar-refractivity contribution < 1.29 is 4.79 Å². The third-order valence-electron chi connectivity index (χ3n) is 3.02. The summed E-state index contributed by atoms with van der Waals surface area (Å²) in [7, 11) is 0. The quantitative estimate of drug-likeness (QED) is 0.715. The van der Waals surface area contributed by atoms with E-state index in [0.717, 1.165) is 23.8 Å². The molecule has 0 spiro atoms. The molecule has 0 aliphatic carbocycles. The summed E-state index contributed by atoms with van der Waals surface area (Å²) in [6.45, 7) is 4.39. The van der Waals surface area contributed by atoms with Crippen LogP contribution in [0.3, 0.4) is 0 Å². The Morgan fingerprint density at radius 3 is 2.63 bits per heavy atom. The number of carbonyl (C=O) groups is 1. The van der Waals surface area contributed by atoms with Crippen LogP contribution in [0, 0.1) is 5.92 Å². The van der Waals surface area contributed by atoms with Gasteiger partial charge in [0.2, 0.25) is 0 Å². The monoisotopic (exact) mass is 272 g/mol. The highest BCUT2D eigenvalue weighted by Gasteiger charge is 2.07. The lowest BCUT2D eigenvalue weighted by molar-refractivity contribution is 0.112. The molecule has 0 aliphatic heterocycles. The minimum atomic E-state index is 0.611. The summed E-state index contributed by atoms with van der Waals surface area (Å²) in [4.78, 5) is 11.1. The Morgan fingerprint density at radius 2 is 1.95 bits per heavy atom. The van der Waals surface area contributed by atoms with Gasteiger partial charge in [-0.2, -0.15) is 0 Å². The molecule has 0 heterocycles. The van der Waals surface area contributed by atoms with E-state index in [4.69, 9.17) is 11.6 Å². The molecule has 0 saturated heterocycles. The van der Waals surface area contributed by atoms with Crippen LogP contribution in [-0.2, 0) is 6.42 Å². The van der Waals surface area contributed by atoms with Gasteiger partial charge in [0.05, 0.1) is 0 Å². The van der Waals surface area contributed by atoms with Crippen LogP contribution in [0.2, 0.25) is 5.02 Å². The van der Waals surface area contributed by atoms with Crippen LogP contribution in [0.1, 0.15) is 29.8 Å². The van der Waals surface area contributed by atoms with Gasteiger partial charge in [-0.15, -0.1) is 0 Å². The number of hydrogen-bond acceptors (Lipinski definition) is 1. The lowest BCUT2D eigenvalue weighted by atomic mass is 9.96. The highest BCUT2D eigenvalue weighted by Crippen LogP contribution is 2.27. The first-order valence-electron chi connectivity index (χ1n) is 6.44. The first-order chi connectivity index (χ1) is 9.10. The number of hydrogen-bond donors (Lipinski definition) is 0. The van der Waals surface area contributed by atoms with Crippen LogP contribution in [0.15, 0.2) is 42.5 Å². The summed E-state index contributed by atoms with van der Waals surface area (Å²) in [5, 5.41) is 0.648. The molecule has 19 heavy (non-hydrogen) atoms. The van der Waals surface area contributed by atoms with Crippen LogP contribution in [-0.4, -0.2) is 6.29 Å². The van der Waals surface area contributed by atoms with E-state index in [9.17, 15) is 4.79 Å². The van der Waals surface area contributed by atoms with Crippen molar-refractivity contribution in [3.8, 4) is 11.1 Å². The summed E-state index contributed by atoms with van der Waals surface area (Å²) in [6.07, 6.45) is 1.91. The normalized spacial score (nSPS) is 10.7. The molecule has 0 radical (unpaired) electrons. The van der Waals surface area contributed by atoms with E-state index < -0.39 is 0 Å². The molecule has 0 N–H and O–H groups in total. The average Bonchev–Trinajstić information content (AvgIpc) is 2.38. The summed E-state index contributed by atoms with van der Waals surface area (Å²) in [5.41, 5.74) is 3.89. The largest absolute Gasteiger partial charge is 0.298 e. The van der Waals surface area contributed by atoms with Crippen molar-refractivity contribution in [2.45, 2.75) is 20.3 Å². The summed E-state index contributed by atoms with van der Waals surface area (Å²) < 4.78 is 0. The van der Waals surface area contributed by atoms with Crippen molar-refractivity contribution >= 4 is 17.9 Å². The molecule has 1 nitrogen and oxygen atoms in total. The fourth-order valence-corrected chi connectivity index (χ4v) is 2.39. The molecular weight excluding hydrogens is 256 g/mol. The fraction of sp³-hybridized carbons (Fsp3) is 0.235. The molecule has 2 aromatic carbocycles. The minimum Gasteiger partial charge on any atom is -0.298 e. The van der Waals surface area contributed by atoms with Crippen LogP contribution in [0.5, 0.6) is 0 Å². The van der Waals surface area contributed by atoms with E-state index in [0.29, 0.717) is 16.5 Å². The van der Waals surface area contributed by atoms with Crippen molar-refractivity contribution in [3.63, 3.8) is 0 Å². The number of halogens is 1. The zero-order chi connectivity index (χ0) is 13.8. The minimum absolute atomic E-state index is 0.611. The molecule has 0 aliphatic rings. The number of benzene rings is 2. The fourth-order valence-electron chi connectivity index (χ4n) is 2.22. The Kier molecular flexibility index (Phi) is 4.39. The molecule has 0 amide bonds. The van der Waals surface area contributed by atoms with E-state index in [1.165, 1.54) is 5.56 Å². The van der Waals surface area contributed by atoms with Gasteiger partial charge in [0.1, 0.15) is 0 Å². The molecule has 0 fully saturated rings. The lowest BCUT2D eigenvalue weighted by Gasteiger charge is -2.09. The Morgan fingerprint density at radius 1 is 1.16 bits per heavy atom. The predicted molar refractivity (Wildman–Crippen MR) is 80.8 cm³/mol. The van der Waals surface area contributed by atoms with Gasteiger partial charge < -0.3 is 0 Å². The predicted octanol–water partition coefficient (Wildman–Crippen LogP) is 5.02. The second kappa shape index (κ2) is 6.03. The summed E-state index contributed by atoms with van der Waals surface area (Å²) >= 11 is 6.03. The van der Waals surface area contributed by atoms with Crippen molar-refractivity contribution in [2.24, 2.45) is 5.92 Å². The van der Waals surface area contributed by atoms with Gasteiger partial charge in [0.15, 0.2) is 6.29 Å². The van der Waals surface area contributed by atoms with Crippen LogP contribution < -0.4 is 0 Å². The van der Waals surface area contributed by atoms with E-state index in [1.807, 2.05) is 18.2 Å². The van der Waals surface area contributed by atoms with E-state index in [-0.39, 0.29) is 0 Å². The SMILES string of the molecule is CC(C)Cc1cccc(-c2cc(Cl)ccc2C=O)c1. The molecule has 0 bridgehead atoms. The highest BCUT2D eigenvalue weighted by molar-refractivity contribution is 6.31. The number of aldehydes is 1. The Hall–Kier alpha value is -1.60. The summed E-state index contributed by atoms with van der Waals surface area (Å²) in [5.74, 6) is 0.611. The first kappa shape index (κ1) is 13.8. The third kappa shape index (κ3) is 3.45. The Labute approximate surface area is 119 Å². The second-order valence-electron chi connectivity index (χ2n) is 5.15. The van der Waals surface area contributed by atoms with Gasteiger partial charge in [-0.1, -0.05) is 49.7 Å². The number of carbonyl (C=O) groups excluding carboxylic acids is 1. The maximum Gasteiger partial charge on any atom is 0.150 e. The topological polar surface area (TPSA) is 17.1 Å². The average molecular weight is 273 g/mol. The Bertz CT molecular complexity index is 588. The standard InChI is InChI=1S/C17H17ClO/c1-12(2)8-13-4-3-5-14(9-13)17-10-16(18)7-6-15(17)11-19/h3-7,9-12H,8H2,1-2H3. The molecule has 0 saturated carbocycles. The Balaban J connectivity index is 2.46. The maximum absolute atomic E-state index is 11.1. The van der Waals surface area contributed by atoms with Crippen LogP contribution in [0.4, 0.5) is 0 Å². The third-order valence-corrected chi connectivity index (χ3v) is 3.26. The van der Waals surface area contributed by atoms with Gasteiger partial charge in [-0.05, 0) is 47.2 Å². The number of rotatable bonds is 4. The second-order valence-corrected chi connectivity index (χ2v) is 5.58. The van der Waals surface area contributed by atoms with Gasteiger partial charge in [0, 0.05) is 10.6 Å². The molecule has 2 rings (SSSR count). The summed E-state index contributed by atoms with van der Waals surface area (Å²) in [6, 6.07) is 13.7. The molecule has 2 heteroatoms. The van der Waals surface area contributed by atoms with Crippen LogP contribution in [0.25, 0.3) is 11.1 Å². The molecular formula is C17H17ClO. The molecule has 0 aromatic heterocycles. The zero-order valence-electron chi connectivity index (χ0n) is 11.2. The van der Waals surface area contributed by atoms with Crippen molar-refractivity contribution in [1.82, 2.24) is 0 Å². The van der Waals surface area contributed by atoms with Gasteiger partial charge in [-0.25, -0.2) is 0 Å².